The molecule has 13 heteroatoms. The molecule has 0 bridgehead atoms. The number of rotatable bonds is 2. The van der Waals surface area contributed by atoms with Crippen LogP contribution in [-0.4, -0.2) is 24.1 Å². The number of hydrogen-bond acceptors (Lipinski definition) is 5. The van der Waals surface area contributed by atoms with E-state index >= 15 is 0 Å². The second kappa shape index (κ2) is 10.4. The Hall–Kier alpha value is -1.54. The summed E-state index contributed by atoms with van der Waals surface area (Å²) in [6.45, 7) is 1.86. The molecule has 0 aliphatic carbocycles. The standard InChI is InChI=1S/C12H7Br2F3O3S.C10H6Br2O2/c1-6-2-3-8-7(10(6)13)4-5-9(11(8)14)20-21(18,19)12(15,16)17;11-9-5-1-3-7(13)10(12)6(5)2-4-8(9)14/h2-5H,1H3;1-4,13-14H. The van der Waals surface area contributed by atoms with E-state index in [1.807, 2.05) is 6.92 Å². The van der Waals surface area contributed by atoms with E-state index in [-0.39, 0.29) is 16.0 Å². The molecule has 0 saturated heterocycles. The molecule has 5 nitrogen and oxygen atoms in total. The van der Waals surface area contributed by atoms with Crippen LogP contribution < -0.4 is 4.18 Å². The lowest BCUT2D eigenvalue weighted by Gasteiger charge is -2.13. The van der Waals surface area contributed by atoms with Gasteiger partial charge in [0, 0.05) is 20.6 Å². The van der Waals surface area contributed by atoms with Crippen LogP contribution >= 0.6 is 63.7 Å². The van der Waals surface area contributed by atoms with Crippen molar-refractivity contribution in [2.45, 2.75) is 12.4 Å². The number of aromatic hydroxyl groups is 2. The lowest BCUT2D eigenvalue weighted by Crippen LogP contribution is -2.28. The average molecular weight is 766 g/mol. The van der Waals surface area contributed by atoms with E-state index < -0.39 is 21.4 Å². The summed E-state index contributed by atoms with van der Waals surface area (Å²) in [6.07, 6.45) is 0. The molecule has 0 unspecified atom stereocenters. The Bertz CT molecular complexity index is 1510. The van der Waals surface area contributed by atoms with Gasteiger partial charge in [-0.2, -0.15) is 21.6 Å². The smallest absolute Gasteiger partial charge is 0.507 e. The first-order valence-corrected chi connectivity index (χ1v) is 13.9. The van der Waals surface area contributed by atoms with Gasteiger partial charge in [-0.1, -0.05) is 12.1 Å². The summed E-state index contributed by atoms with van der Waals surface area (Å²) in [5, 5.41) is 21.9. The Morgan fingerprint density at radius 3 is 1.57 bits per heavy atom. The van der Waals surface area contributed by atoms with Gasteiger partial charge >= 0.3 is 15.6 Å². The zero-order chi connectivity index (χ0) is 26.3. The molecule has 0 aliphatic rings. The summed E-state index contributed by atoms with van der Waals surface area (Å²) >= 11 is 13.0. The van der Waals surface area contributed by atoms with E-state index in [1.54, 1.807) is 36.4 Å². The van der Waals surface area contributed by atoms with Crippen LogP contribution in [0.25, 0.3) is 21.5 Å². The first kappa shape index (κ1) is 28.0. The first-order valence-electron chi connectivity index (χ1n) is 9.32. The van der Waals surface area contributed by atoms with E-state index in [4.69, 9.17) is 0 Å². The molecule has 0 spiro atoms. The molecule has 4 aromatic rings. The number of aryl methyl sites for hydroxylation is 1. The van der Waals surface area contributed by atoms with Crippen molar-refractivity contribution in [1.82, 2.24) is 0 Å². The fraction of sp³-hybridized carbons (Fsp3) is 0.0909. The maximum atomic E-state index is 12.3. The minimum Gasteiger partial charge on any atom is -0.507 e. The molecule has 4 aromatic carbocycles. The molecule has 186 valence electrons. The summed E-state index contributed by atoms with van der Waals surface area (Å²) in [6, 6.07) is 12.7. The van der Waals surface area contributed by atoms with Gasteiger partial charge in [0.1, 0.15) is 11.5 Å². The van der Waals surface area contributed by atoms with E-state index in [0.29, 0.717) is 14.3 Å². The normalized spacial score (nSPS) is 11.9. The van der Waals surface area contributed by atoms with Crippen LogP contribution in [0.4, 0.5) is 13.2 Å². The Kier molecular flexibility index (Phi) is 8.37. The van der Waals surface area contributed by atoms with Gasteiger partial charge in [0.15, 0.2) is 5.75 Å². The van der Waals surface area contributed by atoms with Crippen LogP contribution in [-0.2, 0) is 10.1 Å². The van der Waals surface area contributed by atoms with Crippen molar-refractivity contribution in [2.75, 3.05) is 0 Å². The number of halogens is 7. The zero-order valence-electron chi connectivity index (χ0n) is 17.3. The third-order valence-electron chi connectivity index (χ3n) is 4.74. The summed E-state index contributed by atoms with van der Waals surface area (Å²) in [5.41, 5.74) is -4.54. The summed E-state index contributed by atoms with van der Waals surface area (Å²) in [4.78, 5) is 0. The minimum absolute atomic E-state index is 0.133. The number of fused-ring (bicyclic) bond motifs is 2. The fourth-order valence-electron chi connectivity index (χ4n) is 2.96. The third kappa shape index (κ3) is 5.74. The molecule has 0 saturated carbocycles. The largest absolute Gasteiger partial charge is 0.534 e. The van der Waals surface area contributed by atoms with Gasteiger partial charge in [-0.05, 0) is 118 Å². The number of phenolic OH excluding ortho intramolecular Hbond substituents is 2. The molecule has 0 fully saturated rings. The predicted molar refractivity (Wildman–Crippen MR) is 142 cm³/mol. The number of phenols is 2. The Labute approximate surface area is 231 Å². The van der Waals surface area contributed by atoms with E-state index in [9.17, 15) is 31.8 Å². The average Bonchev–Trinajstić information content (AvgIpc) is 2.77. The molecule has 0 radical (unpaired) electrons. The maximum absolute atomic E-state index is 12.3. The molecule has 0 heterocycles. The van der Waals surface area contributed by atoms with Crippen molar-refractivity contribution < 1.29 is 36.0 Å². The van der Waals surface area contributed by atoms with Crippen LogP contribution in [0.3, 0.4) is 0 Å². The zero-order valence-corrected chi connectivity index (χ0v) is 24.5. The summed E-state index contributed by atoms with van der Waals surface area (Å²) in [5.74, 6) is -0.0410. The summed E-state index contributed by atoms with van der Waals surface area (Å²) in [7, 11) is -5.70. The topological polar surface area (TPSA) is 83.8 Å². The van der Waals surface area contributed by atoms with E-state index in [1.165, 1.54) is 12.1 Å². The predicted octanol–water partition coefficient (Wildman–Crippen LogP) is 8.68. The molecular weight excluding hydrogens is 753 g/mol. The van der Waals surface area contributed by atoms with Crippen molar-refractivity contribution >= 4 is 95.4 Å². The molecule has 0 amide bonds. The van der Waals surface area contributed by atoms with Crippen LogP contribution in [0.2, 0.25) is 0 Å². The van der Waals surface area contributed by atoms with Crippen LogP contribution in [0, 0.1) is 6.92 Å². The van der Waals surface area contributed by atoms with Crippen molar-refractivity contribution in [3.63, 3.8) is 0 Å². The second-order valence-electron chi connectivity index (χ2n) is 7.04. The van der Waals surface area contributed by atoms with Crippen LogP contribution in [0.15, 0.2) is 66.4 Å². The highest BCUT2D eigenvalue weighted by atomic mass is 79.9. The SMILES string of the molecule is Cc1ccc2c(Br)c(OS(=O)(=O)C(F)(F)F)ccc2c1Br.Oc1ccc2c(Br)c(O)ccc2c1Br. The van der Waals surface area contributed by atoms with Gasteiger partial charge in [0.25, 0.3) is 0 Å². The van der Waals surface area contributed by atoms with Crippen molar-refractivity contribution in [3.05, 3.63) is 72.0 Å². The van der Waals surface area contributed by atoms with E-state index in [2.05, 4.69) is 67.9 Å². The van der Waals surface area contributed by atoms with Gasteiger partial charge in [-0.3, -0.25) is 0 Å². The fourth-order valence-corrected chi connectivity index (χ4v) is 5.53. The lowest BCUT2D eigenvalue weighted by molar-refractivity contribution is -0.0500. The van der Waals surface area contributed by atoms with Gasteiger partial charge in [0.2, 0.25) is 0 Å². The van der Waals surface area contributed by atoms with Gasteiger partial charge in [-0.25, -0.2) is 0 Å². The van der Waals surface area contributed by atoms with Gasteiger partial charge in [0.05, 0.1) is 13.4 Å². The number of alkyl halides is 3. The van der Waals surface area contributed by atoms with Crippen molar-refractivity contribution in [3.8, 4) is 17.2 Å². The van der Waals surface area contributed by atoms with Gasteiger partial charge in [-0.15, -0.1) is 0 Å². The van der Waals surface area contributed by atoms with Crippen LogP contribution in [0.5, 0.6) is 17.2 Å². The molecule has 2 N–H and O–H groups in total. The monoisotopic (exact) mass is 762 g/mol. The third-order valence-corrected chi connectivity index (χ3v) is 9.24. The molecule has 0 atom stereocenters. The second-order valence-corrected chi connectivity index (χ2v) is 11.8. The maximum Gasteiger partial charge on any atom is 0.534 e. The molecule has 0 aromatic heterocycles. The number of hydrogen-bond donors (Lipinski definition) is 2. The molecule has 35 heavy (non-hydrogen) atoms. The highest BCUT2D eigenvalue weighted by Crippen LogP contribution is 2.40. The Balaban J connectivity index is 0.000000211. The summed E-state index contributed by atoms with van der Waals surface area (Å²) < 4.78 is 65.5. The van der Waals surface area contributed by atoms with Crippen molar-refractivity contribution in [2.24, 2.45) is 0 Å². The Morgan fingerprint density at radius 1 is 0.686 bits per heavy atom. The Morgan fingerprint density at radius 2 is 1.09 bits per heavy atom. The van der Waals surface area contributed by atoms with E-state index in [0.717, 1.165) is 26.2 Å². The quantitative estimate of drug-likeness (QED) is 0.158. The van der Waals surface area contributed by atoms with Crippen molar-refractivity contribution in [1.29, 1.82) is 0 Å². The number of benzene rings is 4. The highest BCUT2D eigenvalue weighted by molar-refractivity contribution is 9.11. The lowest BCUT2D eigenvalue weighted by atomic mass is 10.1. The minimum atomic E-state index is -5.70. The van der Waals surface area contributed by atoms with Gasteiger partial charge < -0.3 is 14.4 Å². The van der Waals surface area contributed by atoms with Crippen LogP contribution in [0.1, 0.15) is 5.56 Å². The highest BCUT2D eigenvalue weighted by Gasteiger charge is 2.48. The first-order chi connectivity index (χ1) is 16.2. The molecular formula is C22H13Br4F3O5S. The molecule has 4 rings (SSSR count). The molecule has 0 aliphatic heterocycles.